The highest BCUT2D eigenvalue weighted by Gasteiger charge is 2.39. The van der Waals surface area contributed by atoms with Crippen molar-refractivity contribution >= 4 is 17.7 Å². The second kappa shape index (κ2) is 5.65. The van der Waals surface area contributed by atoms with Crippen LogP contribution >= 0.6 is 11.8 Å². The predicted molar refractivity (Wildman–Crippen MR) is 85.7 cm³/mol. The van der Waals surface area contributed by atoms with Crippen LogP contribution < -0.4 is 5.32 Å². The fourth-order valence-corrected chi connectivity index (χ4v) is 4.74. The van der Waals surface area contributed by atoms with Gasteiger partial charge in [-0.1, -0.05) is 18.2 Å². The molecule has 2 fully saturated rings. The smallest absolute Gasteiger partial charge is 0.231 e. The number of nitrogens with zero attached hydrogens (tertiary/aromatic N) is 1. The van der Waals surface area contributed by atoms with Gasteiger partial charge in [0.1, 0.15) is 0 Å². The van der Waals surface area contributed by atoms with Crippen molar-refractivity contribution in [1.29, 1.82) is 0 Å². The van der Waals surface area contributed by atoms with E-state index in [0.29, 0.717) is 18.0 Å². The number of thioether (sulfide) groups is 1. The number of nitrogens with one attached hydrogen (secondary N) is 1. The normalized spacial score (nSPS) is 27.6. The number of fused-ring (bicyclic) bond motifs is 1. The summed E-state index contributed by atoms with van der Waals surface area (Å²) < 4.78 is 0. The molecule has 0 radical (unpaired) electrons. The molecule has 3 nitrogen and oxygen atoms in total. The third-order valence-electron chi connectivity index (χ3n) is 4.85. The number of carbonyl (C=O) groups excluding carboxylic acids is 1. The zero-order valence-corrected chi connectivity index (χ0v) is 13.1. The number of hydrogen-bond donors (Lipinski definition) is 1. The summed E-state index contributed by atoms with van der Waals surface area (Å²) >= 11 is 1.83. The van der Waals surface area contributed by atoms with E-state index < -0.39 is 0 Å². The minimum Gasteiger partial charge on any atom is -0.338 e. The zero-order chi connectivity index (χ0) is 14.2. The van der Waals surface area contributed by atoms with Crippen LogP contribution in [0.15, 0.2) is 29.2 Å². The molecule has 3 aliphatic rings. The molecule has 0 spiro atoms. The van der Waals surface area contributed by atoms with Gasteiger partial charge in [0.2, 0.25) is 5.91 Å². The molecule has 2 atom stereocenters. The van der Waals surface area contributed by atoms with E-state index >= 15 is 0 Å². The first-order valence-electron chi connectivity index (χ1n) is 8.08. The van der Waals surface area contributed by atoms with Gasteiger partial charge in [0.05, 0.1) is 5.92 Å². The van der Waals surface area contributed by atoms with Crippen LogP contribution in [0.4, 0.5) is 0 Å². The molecular weight excluding hydrogens is 280 g/mol. The number of amides is 1. The van der Waals surface area contributed by atoms with Crippen LogP contribution in [0.3, 0.4) is 0 Å². The van der Waals surface area contributed by atoms with Crippen LogP contribution in [0.1, 0.15) is 37.2 Å². The molecule has 1 saturated heterocycles. The lowest BCUT2D eigenvalue weighted by Crippen LogP contribution is -2.44. The lowest BCUT2D eigenvalue weighted by molar-refractivity contribution is -0.133. The molecule has 2 unspecified atom stereocenters. The highest BCUT2D eigenvalue weighted by molar-refractivity contribution is 7.99. The molecule has 112 valence electrons. The Morgan fingerprint density at radius 2 is 2.14 bits per heavy atom. The predicted octanol–water partition coefficient (Wildman–Crippen LogP) is 2.62. The average Bonchev–Trinajstić information content (AvgIpc) is 3.05. The first-order valence-corrected chi connectivity index (χ1v) is 9.07. The SMILES string of the molecule is O=C(C1CSc2ccccc21)N(CC1CCCN1)C1CC1. The second-order valence-corrected chi connectivity index (χ2v) is 7.48. The fourth-order valence-electron chi connectivity index (χ4n) is 3.52. The van der Waals surface area contributed by atoms with Crippen molar-refractivity contribution in [3.05, 3.63) is 29.8 Å². The number of carbonyl (C=O) groups is 1. The van der Waals surface area contributed by atoms with E-state index in [1.54, 1.807) is 0 Å². The monoisotopic (exact) mass is 302 g/mol. The second-order valence-electron chi connectivity index (χ2n) is 6.42. The van der Waals surface area contributed by atoms with E-state index in [4.69, 9.17) is 0 Å². The zero-order valence-electron chi connectivity index (χ0n) is 12.3. The number of benzene rings is 1. The maximum atomic E-state index is 13.1. The molecule has 0 bridgehead atoms. The Kier molecular flexibility index (Phi) is 3.67. The molecule has 0 aromatic heterocycles. The van der Waals surface area contributed by atoms with Gasteiger partial charge in [0.25, 0.3) is 0 Å². The molecule has 4 heteroatoms. The maximum absolute atomic E-state index is 13.1. The van der Waals surface area contributed by atoms with Crippen LogP contribution in [-0.2, 0) is 4.79 Å². The third kappa shape index (κ3) is 2.71. The van der Waals surface area contributed by atoms with Crippen molar-refractivity contribution in [2.45, 2.75) is 48.6 Å². The van der Waals surface area contributed by atoms with Gasteiger partial charge in [0.15, 0.2) is 0 Å². The van der Waals surface area contributed by atoms with Crippen molar-refractivity contribution in [2.24, 2.45) is 0 Å². The van der Waals surface area contributed by atoms with Gasteiger partial charge in [-0.05, 0) is 43.9 Å². The van der Waals surface area contributed by atoms with Crippen molar-refractivity contribution in [3.8, 4) is 0 Å². The Hall–Kier alpha value is -1.00. The van der Waals surface area contributed by atoms with Gasteiger partial charge in [-0.2, -0.15) is 0 Å². The van der Waals surface area contributed by atoms with Gasteiger partial charge >= 0.3 is 0 Å². The third-order valence-corrected chi connectivity index (χ3v) is 6.03. The Morgan fingerprint density at radius 3 is 2.90 bits per heavy atom. The van der Waals surface area contributed by atoms with Gasteiger partial charge in [-0.3, -0.25) is 4.79 Å². The molecule has 1 amide bonds. The molecule has 1 aromatic rings. The molecule has 1 aromatic carbocycles. The minimum atomic E-state index is 0.0770. The van der Waals surface area contributed by atoms with Crippen LogP contribution in [0.25, 0.3) is 0 Å². The lowest BCUT2D eigenvalue weighted by atomic mass is 9.99. The minimum absolute atomic E-state index is 0.0770. The molecule has 1 aliphatic carbocycles. The van der Waals surface area contributed by atoms with E-state index in [1.165, 1.54) is 36.1 Å². The summed E-state index contributed by atoms with van der Waals surface area (Å²) in [5.41, 5.74) is 1.25. The molecule has 2 aliphatic heterocycles. The number of hydrogen-bond acceptors (Lipinski definition) is 3. The van der Waals surface area contributed by atoms with E-state index in [1.807, 2.05) is 11.8 Å². The molecule has 2 heterocycles. The summed E-state index contributed by atoms with van der Waals surface area (Å²) in [6, 6.07) is 9.44. The van der Waals surface area contributed by atoms with Gasteiger partial charge in [-0.15, -0.1) is 11.8 Å². The molecule has 1 saturated carbocycles. The van der Waals surface area contributed by atoms with E-state index in [-0.39, 0.29) is 5.92 Å². The summed E-state index contributed by atoms with van der Waals surface area (Å²) in [5, 5.41) is 3.54. The average molecular weight is 302 g/mol. The standard InChI is InChI=1S/C17H22N2OS/c20-17(15-11-21-16-6-2-1-5-14(15)16)19(13-7-8-13)10-12-4-3-9-18-12/h1-2,5-6,12-13,15,18H,3-4,7-11H2. The Bertz CT molecular complexity index is 537. The van der Waals surface area contributed by atoms with Crippen molar-refractivity contribution in [2.75, 3.05) is 18.8 Å². The molecule has 21 heavy (non-hydrogen) atoms. The summed E-state index contributed by atoms with van der Waals surface area (Å²) in [6.45, 7) is 2.02. The first kappa shape index (κ1) is 13.6. The Morgan fingerprint density at radius 1 is 1.29 bits per heavy atom. The summed E-state index contributed by atoms with van der Waals surface area (Å²) in [6.07, 6.45) is 4.85. The van der Waals surface area contributed by atoms with Crippen LogP contribution in [-0.4, -0.2) is 41.7 Å². The Labute approximate surface area is 130 Å². The van der Waals surface area contributed by atoms with E-state index in [9.17, 15) is 4.79 Å². The van der Waals surface area contributed by atoms with Gasteiger partial charge < -0.3 is 10.2 Å². The lowest BCUT2D eigenvalue weighted by Gasteiger charge is -2.28. The molecule has 4 rings (SSSR count). The Balaban J connectivity index is 1.52. The van der Waals surface area contributed by atoms with E-state index in [0.717, 1.165) is 18.8 Å². The highest BCUT2D eigenvalue weighted by Crippen LogP contribution is 2.41. The summed E-state index contributed by atoms with van der Waals surface area (Å²) in [7, 11) is 0. The summed E-state index contributed by atoms with van der Waals surface area (Å²) in [4.78, 5) is 16.5. The van der Waals surface area contributed by atoms with Crippen molar-refractivity contribution in [1.82, 2.24) is 10.2 Å². The molecular formula is C17H22N2OS. The maximum Gasteiger partial charge on any atom is 0.231 e. The highest BCUT2D eigenvalue weighted by atomic mass is 32.2. The number of rotatable bonds is 4. The first-order chi connectivity index (χ1) is 10.3. The molecule has 1 N–H and O–H groups in total. The fraction of sp³-hybridized carbons (Fsp3) is 0.588. The van der Waals surface area contributed by atoms with Crippen molar-refractivity contribution in [3.63, 3.8) is 0 Å². The van der Waals surface area contributed by atoms with Crippen molar-refractivity contribution < 1.29 is 4.79 Å². The van der Waals surface area contributed by atoms with E-state index in [2.05, 4.69) is 34.5 Å². The van der Waals surface area contributed by atoms with Crippen LogP contribution in [0, 0.1) is 0 Å². The summed E-state index contributed by atoms with van der Waals surface area (Å²) in [5.74, 6) is 1.36. The van der Waals surface area contributed by atoms with Crippen LogP contribution in [0.2, 0.25) is 0 Å². The van der Waals surface area contributed by atoms with Gasteiger partial charge in [-0.25, -0.2) is 0 Å². The van der Waals surface area contributed by atoms with Crippen LogP contribution in [0.5, 0.6) is 0 Å². The topological polar surface area (TPSA) is 32.3 Å². The largest absolute Gasteiger partial charge is 0.338 e. The van der Waals surface area contributed by atoms with Gasteiger partial charge in [0, 0.05) is 29.3 Å². The quantitative estimate of drug-likeness (QED) is 0.928.